The first kappa shape index (κ1) is 16.3. The Morgan fingerprint density at radius 3 is 2.65 bits per heavy atom. The van der Waals surface area contributed by atoms with Crippen molar-refractivity contribution in [3.63, 3.8) is 0 Å². The largest absolute Gasteiger partial charge is 0.484 e. The smallest absolute Gasteiger partial charge is 0.321 e. The van der Waals surface area contributed by atoms with Crippen LogP contribution in [0.5, 0.6) is 5.75 Å². The van der Waals surface area contributed by atoms with Gasteiger partial charge in [0.15, 0.2) is 6.61 Å². The van der Waals surface area contributed by atoms with Gasteiger partial charge in [-0.25, -0.2) is 4.79 Å². The summed E-state index contributed by atoms with van der Waals surface area (Å²) in [5, 5.41) is 5.41. The third-order valence-electron chi connectivity index (χ3n) is 2.42. The van der Waals surface area contributed by atoms with Gasteiger partial charge >= 0.3 is 6.03 Å². The first-order valence-corrected chi connectivity index (χ1v) is 6.73. The number of carbonyl (C=O) groups is 2. The fraction of sp³-hybridized carbons (Fsp3) is 0.429. The van der Waals surface area contributed by atoms with E-state index in [1.807, 2.05) is 20.8 Å². The highest BCUT2D eigenvalue weighted by Gasteiger charge is 2.09. The molecule has 20 heavy (non-hydrogen) atoms. The topological polar surface area (TPSA) is 67.4 Å². The van der Waals surface area contributed by atoms with Crippen LogP contribution >= 0.6 is 11.6 Å². The van der Waals surface area contributed by atoms with Gasteiger partial charge in [-0.05, 0) is 36.6 Å². The van der Waals surface area contributed by atoms with E-state index in [0.29, 0.717) is 23.2 Å². The predicted molar refractivity (Wildman–Crippen MR) is 78.1 cm³/mol. The second-order valence-electron chi connectivity index (χ2n) is 4.85. The van der Waals surface area contributed by atoms with Crippen LogP contribution in [0.3, 0.4) is 0 Å². The minimum atomic E-state index is -0.514. The van der Waals surface area contributed by atoms with Gasteiger partial charge < -0.3 is 10.1 Å². The van der Waals surface area contributed by atoms with Gasteiger partial charge in [0.1, 0.15) is 5.75 Å². The van der Waals surface area contributed by atoms with Gasteiger partial charge in [0.25, 0.3) is 5.91 Å². The van der Waals surface area contributed by atoms with E-state index in [9.17, 15) is 9.59 Å². The molecule has 0 atom stereocenters. The molecule has 0 aliphatic heterocycles. The Bertz CT molecular complexity index is 489. The third-order valence-corrected chi connectivity index (χ3v) is 2.85. The summed E-state index contributed by atoms with van der Waals surface area (Å²) >= 11 is 5.88. The number of urea groups is 1. The van der Waals surface area contributed by atoms with Gasteiger partial charge in [0.2, 0.25) is 0 Å². The second-order valence-corrected chi connectivity index (χ2v) is 5.26. The SMILES string of the molecule is Cc1cc(OCC(=O)NC(=O)NCC(C)C)ccc1Cl. The zero-order valence-corrected chi connectivity index (χ0v) is 12.6. The number of carbonyl (C=O) groups excluding carboxylic acids is 2. The first-order valence-electron chi connectivity index (χ1n) is 6.35. The molecule has 0 spiro atoms. The number of aryl methyl sites for hydroxylation is 1. The maximum Gasteiger partial charge on any atom is 0.321 e. The van der Waals surface area contributed by atoms with Crippen molar-refractivity contribution in [1.29, 1.82) is 0 Å². The lowest BCUT2D eigenvalue weighted by Crippen LogP contribution is -2.42. The molecule has 3 amide bonds. The highest BCUT2D eigenvalue weighted by Crippen LogP contribution is 2.20. The highest BCUT2D eigenvalue weighted by atomic mass is 35.5. The molecule has 0 aliphatic carbocycles. The minimum absolute atomic E-state index is 0.226. The molecule has 0 saturated heterocycles. The van der Waals surface area contributed by atoms with Crippen LogP contribution in [0, 0.1) is 12.8 Å². The number of nitrogens with one attached hydrogen (secondary N) is 2. The highest BCUT2D eigenvalue weighted by molar-refractivity contribution is 6.31. The Balaban J connectivity index is 2.35. The van der Waals surface area contributed by atoms with E-state index in [4.69, 9.17) is 16.3 Å². The molecule has 0 bridgehead atoms. The van der Waals surface area contributed by atoms with Crippen molar-refractivity contribution >= 4 is 23.5 Å². The number of imide groups is 1. The minimum Gasteiger partial charge on any atom is -0.484 e. The maximum atomic E-state index is 11.5. The van der Waals surface area contributed by atoms with E-state index < -0.39 is 11.9 Å². The summed E-state index contributed by atoms with van der Waals surface area (Å²) in [5.41, 5.74) is 0.860. The van der Waals surface area contributed by atoms with Crippen molar-refractivity contribution < 1.29 is 14.3 Å². The normalized spacial score (nSPS) is 10.2. The number of amides is 3. The van der Waals surface area contributed by atoms with E-state index in [1.165, 1.54) is 0 Å². The molecule has 0 aliphatic rings. The van der Waals surface area contributed by atoms with Gasteiger partial charge in [0, 0.05) is 11.6 Å². The lowest BCUT2D eigenvalue weighted by molar-refractivity contribution is -0.122. The Morgan fingerprint density at radius 1 is 1.35 bits per heavy atom. The molecular weight excluding hydrogens is 280 g/mol. The van der Waals surface area contributed by atoms with Crippen LogP contribution < -0.4 is 15.4 Å². The van der Waals surface area contributed by atoms with E-state index in [0.717, 1.165) is 5.56 Å². The molecule has 0 aromatic heterocycles. The molecule has 6 heteroatoms. The van der Waals surface area contributed by atoms with Crippen LogP contribution in [0.4, 0.5) is 4.79 Å². The summed E-state index contributed by atoms with van der Waals surface area (Å²) in [7, 11) is 0. The zero-order chi connectivity index (χ0) is 15.1. The van der Waals surface area contributed by atoms with Crippen molar-refractivity contribution in [2.75, 3.05) is 13.2 Å². The van der Waals surface area contributed by atoms with Crippen molar-refractivity contribution in [1.82, 2.24) is 10.6 Å². The van der Waals surface area contributed by atoms with Gasteiger partial charge in [-0.15, -0.1) is 0 Å². The molecule has 5 nitrogen and oxygen atoms in total. The fourth-order valence-corrected chi connectivity index (χ4v) is 1.48. The van der Waals surface area contributed by atoms with Gasteiger partial charge in [-0.1, -0.05) is 25.4 Å². The van der Waals surface area contributed by atoms with Gasteiger partial charge in [-0.3, -0.25) is 10.1 Å². The fourth-order valence-electron chi connectivity index (χ4n) is 1.36. The molecule has 2 N–H and O–H groups in total. The van der Waals surface area contributed by atoms with Crippen LogP contribution in [0.15, 0.2) is 18.2 Å². The van der Waals surface area contributed by atoms with Crippen molar-refractivity contribution in [2.24, 2.45) is 5.92 Å². The summed E-state index contributed by atoms with van der Waals surface area (Å²) in [6.45, 7) is 6.06. The Labute approximate surface area is 123 Å². The second kappa shape index (κ2) is 7.75. The van der Waals surface area contributed by atoms with E-state index in [-0.39, 0.29) is 6.61 Å². The van der Waals surface area contributed by atoms with Crippen LogP contribution in [-0.4, -0.2) is 25.1 Å². The molecule has 0 fully saturated rings. The van der Waals surface area contributed by atoms with Crippen LogP contribution in [-0.2, 0) is 4.79 Å². The summed E-state index contributed by atoms with van der Waals surface area (Å²) in [6, 6.07) is 4.58. The quantitative estimate of drug-likeness (QED) is 0.877. The average Bonchev–Trinajstić information content (AvgIpc) is 2.38. The van der Waals surface area contributed by atoms with Crippen LogP contribution in [0.2, 0.25) is 5.02 Å². The summed E-state index contributed by atoms with van der Waals surface area (Å²) in [4.78, 5) is 22.9. The Morgan fingerprint density at radius 2 is 2.05 bits per heavy atom. The molecule has 1 aromatic rings. The Hall–Kier alpha value is -1.75. The average molecular weight is 299 g/mol. The molecule has 0 saturated carbocycles. The maximum absolute atomic E-state index is 11.5. The Kier molecular flexibility index (Phi) is 6.31. The summed E-state index contributed by atoms with van der Waals surface area (Å²) in [5.74, 6) is 0.354. The van der Waals surface area contributed by atoms with E-state index in [2.05, 4.69) is 10.6 Å². The van der Waals surface area contributed by atoms with Crippen LogP contribution in [0.1, 0.15) is 19.4 Å². The van der Waals surface area contributed by atoms with Crippen molar-refractivity contribution in [3.8, 4) is 5.75 Å². The monoisotopic (exact) mass is 298 g/mol. The standard InChI is InChI=1S/C14H19ClN2O3/c1-9(2)7-16-14(19)17-13(18)8-20-11-4-5-12(15)10(3)6-11/h4-6,9H,7-8H2,1-3H3,(H2,16,17,18,19). The number of halogens is 1. The number of hydrogen-bond acceptors (Lipinski definition) is 3. The van der Waals surface area contributed by atoms with Crippen molar-refractivity contribution in [2.45, 2.75) is 20.8 Å². The van der Waals surface area contributed by atoms with Gasteiger partial charge in [0.05, 0.1) is 0 Å². The van der Waals surface area contributed by atoms with E-state index in [1.54, 1.807) is 18.2 Å². The molecule has 0 unspecified atom stereocenters. The van der Waals surface area contributed by atoms with Crippen LogP contribution in [0.25, 0.3) is 0 Å². The predicted octanol–water partition coefficient (Wildman–Crippen LogP) is 2.51. The molecule has 1 rings (SSSR count). The number of rotatable bonds is 5. The number of benzene rings is 1. The lowest BCUT2D eigenvalue weighted by atomic mass is 10.2. The summed E-state index contributed by atoms with van der Waals surface area (Å²) in [6.07, 6.45) is 0. The molecular formula is C14H19ClN2O3. The third kappa shape index (κ3) is 5.93. The zero-order valence-electron chi connectivity index (χ0n) is 11.8. The lowest BCUT2D eigenvalue weighted by Gasteiger charge is -2.10. The van der Waals surface area contributed by atoms with Gasteiger partial charge in [-0.2, -0.15) is 0 Å². The van der Waals surface area contributed by atoms with Crippen molar-refractivity contribution in [3.05, 3.63) is 28.8 Å². The molecule has 110 valence electrons. The first-order chi connectivity index (χ1) is 9.38. The number of ether oxygens (including phenoxy) is 1. The molecule has 0 heterocycles. The van der Waals surface area contributed by atoms with E-state index >= 15 is 0 Å². The summed E-state index contributed by atoms with van der Waals surface area (Å²) < 4.78 is 5.28. The molecule has 0 radical (unpaired) electrons. The molecule has 1 aromatic carbocycles. The number of hydrogen-bond donors (Lipinski definition) is 2.